The van der Waals surface area contributed by atoms with E-state index in [2.05, 4.69) is 0 Å². The lowest BCUT2D eigenvalue weighted by Gasteiger charge is -2.26. The third-order valence-corrected chi connectivity index (χ3v) is 2.34. The molecule has 0 aromatic heterocycles. The van der Waals surface area contributed by atoms with Crippen molar-refractivity contribution in [2.75, 3.05) is 6.61 Å². The predicted octanol–water partition coefficient (Wildman–Crippen LogP) is 0.543. The molecule has 12 heavy (non-hydrogen) atoms. The van der Waals surface area contributed by atoms with Crippen molar-refractivity contribution in [3.05, 3.63) is 0 Å². The van der Waals surface area contributed by atoms with Crippen molar-refractivity contribution in [2.24, 2.45) is 5.92 Å². The van der Waals surface area contributed by atoms with Crippen LogP contribution in [0.15, 0.2) is 0 Å². The topological polar surface area (TPSA) is 49.7 Å². The second kappa shape index (κ2) is 4.21. The van der Waals surface area contributed by atoms with Crippen LogP contribution in [0.1, 0.15) is 26.7 Å². The Balaban J connectivity index is 2.58. The molecule has 1 rings (SSSR count). The largest absolute Gasteiger partial charge is 0.390 e. The fourth-order valence-electron chi connectivity index (χ4n) is 1.59. The molecule has 3 nitrogen and oxygen atoms in total. The Morgan fingerprint density at radius 2 is 2.00 bits per heavy atom. The summed E-state index contributed by atoms with van der Waals surface area (Å²) in [6.07, 6.45) is -0.0545. The van der Waals surface area contributed by atoms with Crippen molar-refractivity contribution >= 4 is 0 Å². The first-order valence-corrected chi connectivity index (χ1v) is 4.60. The van der Waals surface area contributed by atoms with Gasteiger partial charge in [-0.05, 0) is 18.8 Å². The number of hydrogen-bond acceptors (Lipinski definition) is 3. The van der Waals surface area contributed by atoms with E-state index in [9.17, 15) is 10.2 Å². The average molecular weight is 174 g/mol. The van der Waals surface area contributed by atoms with Gasteiger partial charge < -0.3 is 14.9 Å². The van der Waals surface area contributed by atoms with E-state index >= 15 is 0 Å². The van der Waals surface area contributed by atoms with E-state index in [1.54, 1.807) is 0 Å². The first-order valence-electron chi connectivity index (χ1n) is 4.60. The van der Waals surface area contributed by atoms with E-state index in [1.807, 2.05) is 13.8 Å². The molecule has 0 aromatic rings. The molecule has 3 heteroatoms. The van der Waals surface area contributed by atoms with Gasteiger partial charge in [-0.2, -0.15) is 0 Å². The smallest absolute Gasteiger partial charge is 0.106 e. The van der Waals surface area contributed by atoms with E-state index in [4.69, 9.17) is 4.74 Å². The summed E-state index contributed by atoms with van der Waals surface area (Å²) < 4.78 is 5.44. The number of rotatable bonds is 1. The highest BCUT2D eigenvalue weighted by molar-refractivity contribution is 4.81. The molecule has 1 aliphatic heterocycles. The van der Waals surface area contributed by atoms with Crippen molar-refractivity contribution in [2.45, 2.75) is 45.0 Å². The van der Waals surface area contributed by atoms with E-state index < -0.39 is 12.2 Å². The molecule has 0 spiro atoms. The second-order valence-electron chi connectivity index (χ2n) is 3.78. The van der Waals surface area contributed by atoms with Crippen LogP contribution in [-0.2, 0) is 4.74 Å². The van der Waals surface area contributed by atoms with Gasteiger partial charge >= 0.3 is 0 Å². The molecule has 2 N–H and O–H groups in total. The summed E-state index contributed by atoms with van der Waals surface area (Å²) in [4.78, 5) is 0. The maximum absolute atomic E-state index is 9.61. The normalized spacial score (nSPS) is 38.2. The Morgan fingerprint density at radius 1 is 1.33 bits per heavy atom. The lowest BCUT2D eigenvalue weighted by atomic mass is 9.97. The number of aliphatic hydroxyl groups is 2. The first kappa shape index (κ1) is 9.96. The van der Waals surface area contributed by atoms with Gasteiger partial charge in [-0.1, -0.05) is 13.8 Å². The molecule has 3 unspecified atom stereocenters. The molecule has 0 saturated carbocycles. The van der Waals surface area contributed by atoms with Gasteiger partial charge in [0.15, 0.2) is 0 Å². The molecule has 1 aliphatic rings. The standard InChI is InChI=1S/C9H18O3/c1-6(2)9-8(11)7(10)4-3-5-12-9/h6-11H,3-5H2,1-2H3. The summed E-state index contributed by atoms with van der Waals surface area (Å²) in [5, 5.41) is 19.1. The zero-order valence-corrected chi connectivity index (χ0v) is 7.73. The molecular formula is C9H18O3. The van der Waals surface area contributed by atoms with Crippen LogP contribution in [0.5, 0.6) is 0 Å². The maximum atomic E-state index is 9.61. The van der Waals surface area contributed by atoms with Crippen molar-refractivity contribution in [3.8, 4) is 0 Å². The minimum atomic E-state index is -0.715. The molecule has 1 fully saturated rings. The van der Waals surface area contributed by atoms with Gasteiger partial charge in [0.05, 0.1) is 12.2 Å². The molecule has 0 amide bonds. The minimum absolute atomic E-state index is 0.206. The van der Waals surface area contributed by atoms with Crippen LogP contribution >= 0.6 is 0 Å². The second-order valence-corrected chi connectivity index (χ2v) is 3.78. The van der Waals surface area contributed by atoms with Crippen molar-refractivity contribution in [3.63, 3.8) is 0 Å². The third-order valence-electron chi connectivity index (χ3n) is 2.34. The van der Waals surface area contributed by atoms with Gasteiger partial charge in [0.1, 0.15) is 6.10 Å². The monoisotopic (exact) mass is 174 g/mol. The first-order chi connectivity index (χ1) is 5.63. The molecular weight excluding hydrogens is 156 g/mol. The van der Waals surface area contributed by atoms with Crippen LogP contribution in [0.25, 0.3) is 0 Å². The van der Waals surface area contributed by atoms with Crippen molar-refractivity contribution in [1.29, 1.82) is 0 Å². The number of hydrogen-bond donors (Lipinski definition) is 2. The molecule has 3 atom stereocenters. The zero-order valence-electron chi connectivity index (χ0n) is 7.73. The molecule has 1 heterocycles. The summed E-state index contributed by atoms with van der Waals surface area (Å²) in [6.45, 7) is 4.63. The van der Waals surface area contributed by atoms with E-state index in [-0.39, 0.29) is 12.0 Å². The highest BCUT2D eigenvalue weighted by Gasteiger charge is 2.31. The quantitative estimate of drug-likeness (QED) is 0.610. The molecule has 0 aliphatic carbocycles. The van der Waals surface area contributed by atoms with Gasteiger partial charge in [-0.25, -0.2) is 0 Å². The SMILES string of the molecule is CC(C)C1OCCCC(O)C1O. The van der Waals surface area contributed by atoms with Crippen LogP contribution in [0.2, 0.25) is 0 Å². The fourth-order valence-corrected chi connectivity index (χ4v) is 1.59. The maximum Gasteiger partial charge on any atom is 0.106 e. The van der Waals surface area contributed by atoms with Gasteiger partial charge in [-0.15, -0.1) is 0 Å². The zero-order chi connectivity index (χ0) is 9.14. The van der Waals surface area contributed by atoms with Crippen LogP contribution in [-0.4, -0.2) is 35.1 Å². The molecule has 72 valence electrons. The molecule has 1 saturated heterocycles. The Labute approximate surface area is 73.4 Å². The lowest BCUT2D eigenvalue weighted by Crippen LogP contribution is -2.40. The predicted molar refractivity (Wildman–Crippen MR) is 45.8 cm³/mol. The Kier molecular flexibility index (Phi) is 3.50. The highest BCUT2D eigenvalue weighted by Crippen LogP contribution is 2.20. The Morgan fingerprint density at radius 3 is 2.58 bits per heavy atom. The van der Waals surface area contributed by atoms with E-state index in [0.29, 0.717) is 13.0 Å². The molecule has 0 radical (unpaired) electrons. The summed E-state index contributed by atoms with van der Waals surface area (Å²) in [5.74, 6) is 0.257. The van der Waals surface area contributed by atoms with Gasteiger partial charge in [0.25, 0.3) is 0 Å². The Hall–Kier alpha value is -0.120. The third kappa shape index (κ3) is 2.19. The highest BCUT2D eigenvalue weighted by atomic mass is 16.5. The summed E-state index contributed by atoms with van der Waals surface area (Å²) in [7, 11) is 0. The Bertz CT molecular complexity index is 136. The van der Waals surface area contributed by atoms with Crippen molar-refractivity contribution in [1.82, 2.24) is 0 Å². The molecule has 0 bridgehead atoms. The number of ether oxygens (including phenoxy) is 1. The van der Waals surface area contributed by atoms with Gasteiger partial charge in [-0.3, -0.25) is 0 Å². The minimum Gasteiger partial charge on any atom is -0.390 e. The number of aliphatic hydroxyl groups excluding tert-OH is 2. The molecule has 0 aromatic carbocycles. The van der Waals surface area contributed by atoms with Crippen LogP contribution in [0, 0.1) is 5.92 Å². The summed E-state index contributed by atoms with van der Waals surface area (Å²) >= 11 is 0. The van der Waals surface area contributed by atoms with E-state index in [1.165, 1.54) is 0 Å². The van der Waals surface area contributed by atoms with Crippen LogP contribution < -0.4 is 0 Å². The van der Waals surface area contributed by atoms with Crippen LogP contribution in [0.3, 0.4) is 0 Å². The van der Waals surface area contributed by atoms with E-state index in [0.717, 1.165) is 6.42 Å². The van der Waals surface area contributed by atoms with Gasteiger partial charge in [0.2, 0.25) is 0 Å². The lowest BCUT2D eigenvalue weighted by molar-refractivity contribution is -0.0885. The summed E-state index contributed by atoms with van der Waals surface area (Å²) in [6, 6.07) is 0. The van der Waals surface area contributed by atoms with Crippen LogP contribution in [0.4, 0.5) is 0 Å². The van der Waals surface area contributed by atoms with Gasteiger partial charge in [0, 0.05) is 6.61 Å². The fraction of sp³-hybridized carbons (Fsp3) is 1.00. The van der Waals surface area contributed by atoms with Crippen molar-refractivity contribution < 1.29 is 14.9 Å². The summed E-state index contributed by atoms with van der Waals surface area (Å²) in [5.41, 5.74) is 0. The average Bonchev–Trinajstić information content (AvgIpc) is 2.15.